The minimum Gasteiger partial charge on any atom is -0.493 e. The average Bonchev–Trinajstić information content (AvgIpc) is 2.66. The topological polar surface area (TPSA) is 67.9 Å². The van der Waals surface area contributed by atoms with Gasteiger partial charge in [0.25, 0.3) is 0 Å². The Morgan fingerprint density at radius 3 is 2.52 bits per heavy atom. The summed E-state index contributed by atoms with van der Waals surface area (Å²) in [7, 11) is 1.05. The number of nitrogens with one attached hydrogen (secondary N) is 1. The zero-order chi connectivity index (χ0) is 19.0. The number of methoxy groups -OCH3 is 1. The number of rotatable bonds is 4. The normalized spacial score (nSPS) is 15.8. The van der Waals surface area contributed by atoms with E-state index in [1.54, 1.807) is 20.8 Å². The van der Waals surface area contributed by atoms with E-state index in [9.17, 15) is 22.8 Å². The molecule has 0 atom stereocenters. The number of hydrogen-bond acceptors (Lipinski definition) is 4. The molecule has 0 fully saturated rings. The van der Waals surface area contributed by atoms with E-state index in [1.807, 2.05) is 0 Å². The molecule has 1 aliphatic rings. The molecule has 1 heterocycles. The summed E-state index contributed by atoms with van der Waals surface area (Å²) in [5.74, 6) is -7.06. The molecule has 2 amide bonds. The average molecular weight is 360 g/mol. The highest BCUT2D eigenvalue weighted by Gasteiger charge is 2.55. The van der Waals surface area contributed by atoms with Crippen molar-refractivity contribution in [2.75, 3.05) is 25.1 Å². The smallest absolute Gasteiger partial charge is 0.407 e. The molecular weight excluding hydrogens is 341 g/mol. The van der Waals surface area contributed by atoms with Crippen LogP contribution in [0.25, 0.3) is 0 Å². The van der Waals surface area contributed by atoms with E-state index < -0.39 is 40.7 Å². The summed E-state index contributed by atoms with van der Waals surface area (Å²) in [6.45, 7) is 4.68. The monoisotopic (exact) mass is 360 g/mol. The molecule has 1 aromatic carbocycles. The number of carbonyl (C=O) groups excluding carboxylic acids is 2. The second kappa shape index (κ2) is 6.45. The third-order valence-electron chi connectivity index (χ3n) is 3.41. The predicted molar refractivity (Wildman–Crippen MR) is 83.4 cm³/mol. The number of ether oxygens (including phenoxy) is 2. The van der Waals surface area contributed by atoms with Gasteiger partial charge in [-0.25, -0.2) is 9.18 Å². The number of nitrogens with zero attached hydrogens (tertiary/aromatic N) is 1. The van der Waals surface area contributed by atoms with Crippen molar-refractivity contribution < 1.29 is 32.2 Å². The van der Waals surface area contributed by atoms with Crippen LogP contribution in [0, 0.1) is 5.82 Å². The van der Waals surface area contributed by atoms with E-state index in [0.29, 0.717) is 0 Å². The zero-order valence-electron chi connectivity index (χ0n) is 14.3. The molecule has 0 radical (unpaired) electrons. The van der Waals surface area contributed by atoms with Gasteiger partial charge in [0.2, 0.25) is 0 Å². The minimum atomic E-state index is -3.91. The molecule has 1 N–H and O–H groups in total. The van der Waals surface area contributed by atoms with E-state index in [1.165, 1.54) is 0 Å². The molecule has 0 unspecified atom stereocenters. The van der Waals surface area contributed by atoms with Gasteiger partial charge >= 0.3 is 17.9 Å². The van der Waals surface area contributed by atoms with Crippen LogP contribution in [-0.2, 0) is 15.5 Å². The van der Waals surface area contributed by atoms with Gasteiger partial charge in [-0.15, -0.1) is 0 Å². The number of anilines is 1. The molecule has 9 heteroatoms. The molecule has 25 heavy (non-hydrogen) atoms. The number of hydrogen-bond donors (Lipinski definition) is 1. The fourth-order valence-corrected chi connectivity index (χ4v) is 2.47. The number of alkyl carbamates (subject to hydrolysis) is 1. The second-order valence-corrected chi connectivity index (χ2v) is 6.43. The van der Waals surface area contributed by atoms with Crippen LogP contribution in [0.3, 0.4) is 0 Å². The molecule has 1 aromatic rings. The highest BCUT2D eigenvalue weighted by atomic mass is 19.3. The fraction of sp³-hybridized carbons (Fsp3) is 0.500. The van der Waals surface area contributed by atoms with Gasteiger partial charge in [-0.05, 0) is 32.9 Å². The molecule has 138 valence electrons. The van der Waals surface area contributed by atoms with Gasteiger partial charge in [0.05, 0.1) is 18.4 Å². The fourth-order valence-electron chi connectivity index (χ4n) is 2.47. The summed E-state index contributed by atoms with van der Waals surface area (Å²) in [4.78, 5) is 24.4. The summed E-state index contributed by atoms with van der Waals surface area (Å²) in [5, 5.41) is 2.38. The Hall–Kier alpha value is -2.45. The highest BCUT2D eigenvalue weighted by molar-refractivity contribution is 6.06. The maximum Gasteiger partial charge on any atom is 0.407 e. The highest BCUT2D eigenvalue weighted by Crippen LogP contribution is 2.49. The van der Waals surface area contributed by atoms with E-state index in [-0.39, 0.29) is 18.8 Å². The molecule has 0 aliphatic carbocycles. The van der Waals surface area contributed by atoms with Crippen molar-refractivity contribution in [3.05, 3.63) is 23.5 Å². The molecule has 6 nitrogen and oxygen atoms in total. The van der Waals surface area contributed by atoms with Gasteiger partial charge in [-0.2, -0.15) is 8.78 Å². The van der Waals surface area contributed by atoms with Crippen LogP contribution in [0.1, 0.15) is 26.3 Å². The third-order valence-corrected chi connectivity index (χ3v) is 3.41. The van der Waals surface area contributed by atoms with Crippen LogP contribution in [0.2, 0.25) is 0 Å². The van der Waals surface area contributed by atoms with Crippen LogP contribution in [0.15, 0.2) is 12.1 Å². The Kier molecular flexibility index (Phi) is 4.87. The standard InChI is InChI=1S/C16H19F3N2O4/c1-15(2,3)25-14(23)20-7-8-21-10-6-5-9(17)12(24-4)11(10)16(18,19)13(21)22/h5-6H,7-8H2,1-4H3,(H,20,23). The first kappa shape index (κ1) is 18.9. The van der Waals surface area contributed by atoms with E-state index in [2.05, 4.69) is 5.32 Å². The molecule has 1 aliphatic heterocycles. The van der Waals surface area contributed by atoms with Gasteiger partial charge in [-0.1, -0.05) is 0 Å². The quantitative estimate of drug-likeness (QED) is 0.897. The Balaban J connectivity index is 2.17. The maximum atomic E-state index is 14.3. The maximum absolute atomic E-state index is 14.3. The summed E-state index contributed by atoms with van der Waals surface area (Å²) < 4.78 is 51.9. The van der Waals surface area contributed by atoms with Crippen LogP contribution in [-0.4, -0.2) is 37.8 Å². The molecular formula is C16H19F3N2O4. The molecule has 0 saturated heterocycles. The minimum absolute atomic E-state index is 0.115. The van der Waals surface area contributed by atoms with Gasteiger partial charge in [-0.3, -0.25) is 4.79 Å². The zero-order valence-corrected chi connectivity index (χ0v) is 14.3. The van der Waals surface area contributed by atoms with Crippen molar-refractivity contribution in [2.45, 2.75) is 32.3 Å². The van der Waals surface area contributed by atoms with Crippen molar-refractivity contribution in [2.24, 2.45) is 0 Å². The Morgan fingerprint density at radius 1 is 1.32 bits per heavy atom. The lowest BCUT2D eigenvalue weighted by molar-refractivity contribution is -0.141. The van der Waals surface area contributed by atoms with Crippen molar-refractivity contribution in [1.82, 2.24) is 5.32 Å². The molecule has 2 rings (SSSR count). The summed E-state index contributed by atoms with van der Waals surface area (Å²) in [6, 6.07) is 2.03. The van der Waals surface area contributed by atoms with Crippen molar-refractivity contribution >= 4 is 17.7 Å². The van der Waals surface area contributed by atoms with Crippen LogP contribution >= 0.6 is 0 Å². The number of carbonyl (C=O) groups is 2. The second-order valence-electron chi connectivity index (χ2n) is 6.43. The van der Waals surface area contributed by atoms with Crippen molar-refractivity contribution in [1.29, 1.82) is 0 Å². The largest absolute Gasteiger partial charge is 0.493 e. The van der Waals surface area contributed by atoms with E-state index >= 15 is 0 Å². The predicted octanol–water partition coefficient (Wildman–Crippen LogP) is 2.80. The first-order valence-electron chi connectivity index (χ1n) is 7.52. The van der Waals surface area contributed by atoms with Crippen molar-refractivity contribution in [3.8, 4) is 5.75 Å². The summed E-state index contributed by atoms with van der Waals surface area (Å²) in [6.07, 6.45) is -0.734. The summed E-state index contributed by atoms with van der Waals surface area (Å²) in [5.41, 5.74) is -1.67. The summed E-state index contributed by atoms with van der Waals surface area (Å²) >= 11 is 0. The van der Waals surface area contributed by atoms with Gasteiger partial charge in [0.1, 0.15) is 5.60 Å². The van der Waals surface area contributed by atoms with E-state index in [0.717, 1.165) is 24.1 Å². The van der Waals surface area contributed by atoms with Crippen LogP contribution in [0.4, 0.5) is 23.7 Å². The van der Waals surface area contributed by atoms with E-state index in [4.69, 9.17) is 9.47 Å². The third kappa shape index (κ3) is 3.64. The lowest BCUT2D eigenvalue weighted by Crippen LogP contribution is -2.41. The Morgan fingerprint density at radius 2 is 1.96 bits per heavy atom. The Bertz CT molecular complexity index is 701. The molecule has 0 bridgehead atoms. The number of amides is 2. The lowest BCUT2D eigenvalue weighted by Gasteiger charge is -2.21. The van der Waals surface area contributed by atoms with Gasteiger partial charge < -0.3 is 19.7 Å². The molecule has 0 spiro atoms. The van der Waals surface area contributed by atoms with Crippen molar-refractivity contribution in [3.63, 3.8) is 0 Å². The number of alkyl halides is 2. The number of fused-ring (bicyclic) bond motifs is 1. The number of benzene rings is 1. The SMILES string of the molecule is COc1c(F)ccc2c1C(F)(F)C(=O)N2CCNC(=O)OC(C)(C)C. The first-order chi connectivity index (χ1) is 11.5. The van der Waals surface area contributed by atoms with Crippen LogP contribution < -0.4 is 15.0 Å². The number of halogens is 3. The van der Waals surface area contributed by atoms with Gasteiger partial charge in [0.15, 0.2) is 11.6 Å². The molecule has 0 saturated carbocycles. The Labute approximate surface area is 142 Å². The first-order valence-corrected chi connectivity index (χ1v) is 7.52. The molecule has 0 aromatic heterocycles. The van der Waals surface area contributed by atoms with Gasteiger partial charge in [0, 0.05) is 13.1 Å². The lowest BCUT2D eigenvalue weighted by atomic mass is 10.1. The van der Waals surface area contributed by atoms with Crippen LogP contribution in [0.5, 0.6) is 5.75 Å².